The van der Waals surface area contributed by atoms with Gasteiger partial charge < -0.3 is 29.2 Å². The zero-order valence-corrected chi connectivity index (χ0v) is 25.5. The van der Waals surface area contributed by atoms with E-state index in [4.69, 9.17) is 5.11 Å². The number of aliphatic hydroxyl groups is 2. The van der Waals surface area contributed by atoms with Crippen LogP contribution in [0.1, 0.15) is 69.8 Å². The van der Waals surface area contributed by atoms with Crippen LogP contribution in [-0.4, -0.2) is 33.5 Å². The molecule has 0 aliphatic heterocycles. The van der Waals surface area contributed by atoms with Crippen molar-refractivity contribution in [2.45, 2.75) is 82.8 Å². The van der Waals surface area contributed by atoms with Crippen molar-refractivity contribution in [2.75, 3.05) is 0 Å². The van der Waals surface area contributed by atoms with Crippen LogP contribution in [0.2, 0.25) is 0 Å². The molecule has 0 amide bonds. The van der Waals surface area contributed by atoms with Crippen LogP contribution in [0.4, 0.5) is 0 Å². The number of carbonyl (C=O) groups is 1. The van der Waals surface area contributed by atoms with Crippen LogP contribution in [0, 0.1) is 25.7 Å². The van der Waals surface area contributed by atoms with Gasteiger partial charge in [-0.25, -0.2) is 0 Å². The third kappa shape index (κ3) is 15.9. The van der Waals surface area contributed by atoms with Gasteiger partial charge in [0.1, 0.15) is 0 Å². The van der Waals surface area contributed by atoms with Gasteiger partial charge in [-0.05, 0) is 43.6 Å². The van der Waals surface area contributed by atoms with Crippen LogP contribution in [-0.2, 0) is 65.0 Å². The van der Waals surface area contributed by atoms with Crippen molar-refractivity contribution in [3.05, 3.63) is 62.9 Å². The average molecular weight is 691 g/mol. The van der Waals surface area contributed by atoms with Crippen LogP contribution in [0.25, 0.3) is 0 Å². The van der Waals surface area contributed by atoms with E-state index < -0.39 is 5.97 Å². The zero-order chi connectivity index (χ0) is 21.5. The molecule has 0 bridgehead atoms. The molecule has 6 heteroatoms. The van der Waals surface area contributed by atoms with Crippen molar-refractivity contribution in [2.24, 2.45) is 11.8 Å². The van der Waals surface area contributed by atoms with Crippen LogP contribution in [0.3, 0.4) is 0 Å². The molecule has 4 nitrogen and oxygen atoms in total. The molecule has 1 aromatic carbocycles. The summed E-state index contributed by atoms with van der Waals surface area (Å²) in [5, 5.41) is 29.3. The molecule has 1 aliphatic carbocycles. The van der Waals surface area contributed by atoms with E-state index in [1.165, 1.54) is 5.56 Å². The number of hydrogen-bond acceptors (Lipinski definition) is 3. The number of rotatable bonds is 13. The van der Waals surface area contributed by atoms with Crippen molar-refractivity contribution in [3.63, 3.8) is 0 Å². The molecular weight excluding hydrogens is 649 g/mol. The maximum absolute atomic E-state index is 10.5. The third-order valence-corrected chi connectivity index (χ3v) is 5.84. The summed E-state index contributed by atoms with van der Waals surface area (Å²) < 4.78 is 0. The zero-order valence-electron chi connectivity index (χ0n) is 19.7. The predicted molar refractivity (Wildman–Crippen MR) is 125 cm³/mol. The average Bonchev–Trinajstić information content (AvgIpc) is 3.09. The van der Waals surface area contributed by atoms with E-state index in [-0.39, 0.29) is 85.7 Å². The second-order valence-corrected chi connectivity index (χ2v) is 7.97. The summed E-state index contributed by atoms with van der Waals surface area (Å²) in [6.45, 7) is 6.00. The molecule has 0 unspecified atom stereocenters. The summed E-state index contributed by atoms with van der Waals surface area (Å²) in [5.74, 6) is -0.0238. The van der Waals surface area contributed by atoms with Crippen LogP contribution < -0.4 is 0 Å². The number of carboxylic acid groups (broad SMARTS) is 1. The molecule has 0 spiro atoms. The second-order valence-electron chi connectivity index (χ2n) is 7.97. The summed E-state index contributed by atoms with van der Waals surface area (Å²) in [4.78, 5) is 10.5. The van der Waals surface area contributed by atoms with Crippen LogP contribution in [0.5, 0.6) is 0 Å². The normalized spacial score (nSPS) is 19.9. The molecule has 1 saturated carbocycles. The minimum absolute atomic E-state index is 0. The SMILES string of the molecule is C=C.O=C(O)CCCCCC[C@@H]1[CH-]C[C@@H](O)[C@@H]1CC[C@@H](O)CCc1ccccc1.[CH3-].[W].[Y]. The van der Waals surface area contributed by atoms with E-state index >= 15 is 0 Å². The largest absolute Gasteiger partial charge is 0.481 e. The Hall–Kier alpha value is 0.142. The molecule has 1 fully saturated rings. The molecule has 4 atom stereocenters. The monoisotopic (exact) mass is 691 g/mol. The molecule has 2 rings (SSSR count). The molecule has 1 aromatic rings. The molecule has 0 saturated heterocycles. The van der Waals surface area contributed by atoms with Gasteiger partial charge in [-0.3, -0.25) is 4.79 Å². The maximum atomic E-state index is 10.5. The van der Waals surface area contributed by atoms with Gasteiger partial charge in [0, 0.05) is 66.3 Å². The van der Waals surface area contributed by atoms with E-state index in [0.717, 1.165) is 64.2 Å². The minimum Gasteiger partial charge on any atom is -0.481 e. The Balaban J connectivity index is -0.00000163. The number of unbranched alkanes of at least 4 members (excludes halogenated alkanes) is 3. The molecule has 3 N–H and O–H groups in total. The Morgan fingerprint density at radius 2 is 1.69 bits per heavy atom. The Kier molecular flexibility index (Phi) is 26.3. The summed E-state index contributed by atoms with van der Waals surface area (Å²) >= 11 is 0. The van der Waals surface area contributed by atoms with E-state index in [2.05, 4.69) is 31.7 Å². The van der Waals surface area contributed by atoms with E-state index in [1.54, 1.807) is 0 Å². The van der Waals surface area contributed by atoms with Crippen molar-refractivity contribution >= 4 is 5.97 Å². The standard InChI is InChI=1S/C23H35O4.C2H4.CH3.W.Y/c24-20(14-12-18-8-4-3-5-9-18)15-16-21-19(13-17-22(21)25)10-6-1-2-7-11-23(26)27;1-2;;;/h3-5,8-9,13,19-22,24-25H,1-2,6-7,10-12,14-17H2,(H,26,27);1-2H2;1H3;;/q-1;;-1;;/t19-,20+,21-,22-;;;;/m1..../s1. The summed E-state index contributed by atoms with van der Waals surface area (Å²) in [7, 11) is 0. The number of aliphatic carboxylic acids is 1. The first kappa shape index (κ1) is 36.7. The maximum Gasteiger partial charge on any atom is 0.303 e. The summed E-state index contributed by atoms with van der Waals surface area (Å²) in [6.07, 6.45) is 10.9. The second kappa shape index (κ2) is 22.9. The molecule has 32 heavy (non-hydrogen) atoms. The van der Waals surface area contributed by atoms with Crippen molar-refractivity contribution in [1.29, 1.82) is 0 Å². The Labute approximate surface area is 235 Å². The van der Waals surface area contributed by atoms with Gasteiger partial charge in [0.2, 0.25) is 0 Å². The van der Waals surface area contributed by atoms with Crippen LogP contribution >= 0.6 is 0 Å². The number of aryl methyl sites for hydroxylation is 1. The van der Waals surface area contributed by atoms with Crippen molar-refractivity contribution < 1.29 is 73.9 Å². The van der Waals surface area contributed by atoms with Crippen molar-refractivity contribution in [1.82, 2.24) is 0 Å². The Morgan fingerprint density at radius 1 is 1.06 bits per heavy atom. The number of aliphatic hydroxyl groups excluding tert-OH is 2. The summed E-state index contributed by atoms with van der Waals surface area (Å²) in [6, 6.07) is 10.2. The fourth-order valence-electron chi connectivity index (χ4n) is 4.20. The predicted octanol–water partition coefficient (Wildman–Crippen LogP) is 5.63. The molecule has 0 aromatic heterocycles. The van der Waals surface area contributed by atoms with Gasteiger partial charge in [0.15, 0.2) is 0 Å². The third-order valence-electron chi connectivity index (χ3n) is 5.84. The van der Waals surface area contributed by atoms with Gasteiger partial charge >= 0.3 is 5.97 Å². The van der Waals surface area contributed by atoms with Gasteiger partial charge in [-0.1, -0.05) is 56.0 Å². The number of hydrogen-bond donors (Lipinski definition) is 3. The topological polar surface area (TPSA) is 77.8 Å². The van der Waals surface area contributed by atoms with Crippen molar-refractivity contribution in [3.8, 4) is 0 Å². The first-order chi connectivity index (χ1) is 14.1. The number of carboxylic acids is 1. The minimum atomic E-state index is -0.715. The van der Waals surface area contributed by atoms with Gasteiger partial charge in [-0.2, -0.15) is 12.3 Å². The number of benzene rings is 1. The Morgan fingerprint density at radius 3 is 2.31 bits per heavy atom. The summed E-state index contributed by atoms with van der Waals surface area (Å²) in [5.41, 5.74) is 1.26. The fourth-order valence-corrected chi connectivity index (χ4v) is 4.20. The van der Waals surface area contributed by atoms with E-state index in [9.17, 15) is 15.0 Å². The fraction of sp³-hybridized carbons (Fsp3) is 0.577. The van der Waals surface area contributed by atoms with Crippen LogP contribution in [0.15, 0.2) is 43.5 Å². The first-order valence-electron chi connectivity index (χ1n) is 11.0. The molecule has 0 heterocycles. The Bertz CT molecular complexity index is 558. The molecule has 181 valence electrons. The molecule has 1 radical (unpaired) electrons. The quantitative estimate of drug-likeness (QED) is 0.142. The van der Waals surface area contributed by atoms with E-state index in [0.29, 0.717) is 5.92 Å². The molecule has 1 aliphatic rings. The van der Waals surface area contributed by atoms with Gasteiger partial charge in [0.05, 0.1) is 6.10 Å². The van der Waals surface area contributed by atoms with E-state index in [1.807, 2.05) is 18.2 Å². The molecular formula is C26H42O4WY-2. The van der Waals surface area contributed by atoms with Gasteiger partial charge in [-0.15, -0.1) is 13.2 Å². The smallest absolute Gasteiger partial charge is 0.303 e. The van der Waals surface area contributed by atoms with Gasteiger partial charge in [0.25, 0.3) is 0 Å². The first-order valence-corrected chi connectivity index (χ1v) is 11.0.